The fourth-order valence-electron chi connectivity index (χ4n) is 1.88. The highest BCUT2D eigenvalue weighted by Gasteiger charge is 2.17. The lowest BCUT2D eigenvalue weighted by Gasteiger charge is -2.06. The molecular formula is C17H11F2N3O2. The second-order valence-electron chi connectivity index (χ2n) is 4.74. The maximum Gasteiger partial charge on any atom is 0.314 e. The van der Waals surface area contributed by atoms with E-state index in [9.17, 15) is 8.78 Å². The minimum absolute atomic E-state index is 0.00450. The van der Waals surface area contributed by atoms with Gasteiger partial charge >= 0.3 is 6.43 Å². The van der Waals surface area contributed by atoms with Crippen LogP contribution in [0.5, 0.6) is 5.75 Å². The van der Waals surface area contributed by atoms with Crippen molar-refractivity contribution in [3.63, 3.8) is 0 Å². The van der Waals surface area contributed by atoms with Gasteiger partial charge in [0.05, 0.1) is 11.3 Å². The molecule has 3 rings (SSSR count). The minimum Gasteiger partial charge on any atom is -0.487 e. The van der Waals surface area contributed by atoms with Gasteiger partial charge in [-0.1, -0.05) is 5.92 Å². The Morgan fingerprint density at radius 3 is 2.50 bits per heavy atom. The van der Waals surface area contributed by atoms with Crippen molar-refractivity contribution in [2.45, 2.75) is 13.0 Å². The van der Waals surface area contributed by atoms with E-state index in [1.807, 2.05) is 0 Å². The summed E-state index contributed by atoms with van der Waals surface area (Å²) in [5.74, 6) is 2.47. The van der Waals surface area contributed by atoms with E-state index in [4.69, 9.17) is 15.6 Å². The van der Waals surface area contributed by atoms with Crippen molar-refractivity contribution < 1.29 is 17.9 Å². The average molecular weight is 327 g/mol. The molecule has 0 aliphatic rings. The summed E-state index contributed by atoms with van der Waals surface area (Å²) in [6.45, 7) is 0.252. The van der Waals surface area contributed by atoms with Crippen molar-refractivity contribution in [1.82, 2.24) is 15.2 Å². The molecule has 3 aromatic rings. The highest BCUT2D eigenvalue weighted by molar-refractivity contribution is 5.50. The van der Waals surface area contributed by atoms with E-state index in [1.54, 1.807) is 36.4 Å². The van der Waals surface area contributed by atoms with E-state index in [2.05, 4.69) is 21.1 Å². The van der Waals surface area contributed by atoms with Gasteiger partial charge < -0.3 is 9.15 Å². The topological polar surface area (TPSA) is 61.0 Å². The van der Waals surface area contributed by atoms with E-state index in [-0.39, 0.29) is 12.5 Å². The van der Waals surface area contributed by atoms with Gasteiger partial charge in [-0.05, 0) is 36.4 Å². The Bertz CT molecular complexity index is 853. The van der Waals surface area contributed by atoms with Gasteiger partial charge in [0.2, 0.25) is 5.89 Å². The van der Waals surface area contributed by atoms with Crippen molar-refractivity contribution in [2.75, 3.05) is 0 Å². The molecule has 0 N–H and O–H groups in total. The predicted octanol–water partition coefficient (Wildman–Crippen LogP) is 3.63. The van der Waals surface area contributed by atoms with E-state index < -0.39 is 12.3 Å². The summed E-state index contributed by atoms with van der Waals surface area (Å²) in [5.41, 5.74) is 1.89. The first-order valence-electron chi connectivity index (χ1n) is 6.92. The number of nitrogens with zero attached hydrogens (tertiary/aromatic N) is 3. The third-order valence-corrected chi connectivity index (χ3v) is 3.11. The van der Waals surface area contributed by atoms with Gasteiger partial charge in [-0.2, -0.15) is 8.78 Å². The van der Waals surface area contributed by atoms with Gasteiger partial charge in [0.15, 0.2) is 0 Å². The summed E-state index contributed by atoms with van der Waals surface area (Å²) in [6, 6.07) is 10.4. The van der Waals surface area contributed by atoms with Crippen LogP contribution in [0.15, 0.2) is 47.0 Å². The summed E-state index contributed by atoms with van der Waals surface area (Å²) in [5, 5.41) is 6.83. The number of pyridine rings is 1. The van der Waals surface area contributed by atoms with Crippen LogP contribution >= 0.6 is 0 Å². The van der Waals surface area contributed by atoms with E-state index in [0.29, 0.717) is 17.0 Å². The molecule has 2 aromatic heterocycles. The largest absolute Gasteiger partial charge is 0.487 e. The lowest BCUT2D eigenvalue weighted by molar-refractivity contribution is 0.116. The summed E-state index contributed by atoms with van der Waals surface area (Å²) in [7, 11) is 0. The molecule has 7 heteroatoms. The Morgan fingerprint density at radius 1 is 1.12 bits per heavy atom. The minimum atomic E-state index is -2.80. The maximum absolute atomic E-state index is 12.4. The van der Waals surface area contributed by atoms with Crippen molar-refractivity contribution in [3.8, 4) is 29.5 Å². The van der Waals surface area contributed by atoms with Crippen molar-refractivity contribution in [2.24, 2.45) is 0 Å². The van der Waals surface area contributed by atoms with Gasteiger partial charge in [-0.3, -0.25) is 4.98 Å². The number of hydrogen-bond donors (Lipinski definition) is 0. The molecule has 0 saturated carbocycles. The molecule has 0 aliphatic heterocycles. The SMILES string of the molecule is C#Cc1ccc(OCc2ccc(-c3nnc(C(F)F)o3)cn2)cc1. The Kier molecular flexibility index (Phi) is 4.47. The smallest absolute Gasteiger partial charge is 0.314 e. The molecule has 24 heavy (non-hydrogen) atoms. The quantitative estimate of drug-likeness (QED) is 0.670. The van der Waals surface area contributed by atoms with Gasteiger partial charge in [-0.15, -0.1) is 16.6 Å². The van der Waals surface area contributed by atoms with Gasteiger partial charge in [0.1, 0.15) is 12.4 Å². The number of aromatic nitrogens is 3. The zero-order valence-electron chi connectivity index (χ0n) is 12.3. The number of rotatable bonds is 5. The van der Waals surface area contributed by atoms with Crippen LogP contribution in [0.2, 0.25) is 0 Å². The van der Waals surface area contributed by atoms with Gasteiger partial charge in [-0.25, -0.2) is 0 Å². The second kappa shape index (κ2) is 6.87. The molecule has 0 unspecified atom stereocenters. The summed E-state index contributed by atoms with van der Waals surface area (Å²) < 4.78 is 35.3. The predicted molar refractivity (Wildman–Crippen MR) is 81.2 cm³/mol. The van der Waals surface area contributed by atoms with Gasteiger partial charge in [0.25, 0.3) is 5.89 Å². The van der Waals surface area contributed by atoms with Crippen LogP contribution in [0.3, 0.4) is 0 Å². The number of terminal acetylenes is 1. The molecule has 0 bridgehead atoms. The zero-order valence-corrected chi connectivity index (χ0v) is 12.3. The summed E-state index contributed by atoms with van der Waals surface area (Å²) >= 11 is 0. The Balaban J connectivity index is 1.64. The molecule has 0 fully saturated rings. The van der Waals surface area contributed by atoms with Crippen LogP contribution in [0.25, 0.3) is 11.5 Å². The van der Waals surface area contributed by atoms with E-state index >= 15 is 0 Å². The number of halogens is 2. The molecule has 5 nitrogen and oxygen atoms in total. The lowest BCUT2D eigenvalue weighted by atomic mass is 10.2. The number of ether oxygens (including phenoxy) is 1. The highest BCUT2D eigenvalue weighted by Crippen LogP contribution is 2.23. The summed E-state index contributed by atoms with van der Waals surface area (Å²) in [4.78, 5) is 4.19. The number of benzene rings is 1. The van der Waals surface area contributed by atoms with Gasteiger partial charge in [0, 0.05) is 11.8 Å². The fourth-order valence-corrected chi connectivity index (χ4v) is 1.88. The second-order valence-corrected chi connectivity index (χ2v) is 4.74. The standard InChI is InChI=1S/C17H11F2N3O2/c1-2-11-3-7-14(8-4-11)23-10-13-6-5-12(9-20-13)16-21-22-17(24-16)15(18)19/h1,3-9,15H,10H2. The van der Waals surface area contributed by atoms with E-state index in [0.717, 1.165) is 5.56 Å². The first-order chi connectivity index (χ1) is 11.7. The van der Waals surface area contributed by atoms with Crippen molar-refractivity contribution >= 4 is 0 Å². The van der Waals surface area contributed by atoms with Crippen molar-refractivity contribution in [1.29, 1.82) is 0 Å². The molecule has 1 aromatic carbocycles. The molecule has 0 aliphatic carbocycles. The first-order valence-corrected chi connectivity index (χ1v) is 6.92. The van der Waals surface area contributed by atoms with Crippen LogP contribution in [-0.4, -0.2) is 15.2 Å². The average Bonchev–Trinajstić information content (AvgIpc) is 3.11. The summed E-state index contributed by atoms with van der Waals surface area (Å²) in [6.07, 6.45) is 3.95. The molecular weight excluding hydrogens is 316 g/mol. The molecule has 0 spiro atoms. The number of hydrogen-bond acceptors (Lipinski definition) is 5. The molecule has 2 heterocycles. The maximum atomic E-state index is 12.4. The molecule has 0 amide bonds. The van der Waals surface area contributed by atoms with Crippen molar-refractivity contribution in [3.05, 3.63) is 59.7 Å². The Morgan fingerprint density at radius 2 is 1.92 bits per heavy atom. The van der Waals surface area contributed by atoms with Crippen LogP contribution in [0.4, 0.5) is 8.78 Å². The van der Waals surface area contributed by atoms with Crippen LogP contribution in [0.1, 0.15) is 23.6 Å². The Hall–Kier alpha value is -3.27. The van der Waals surface area contributed by atoms with Crippen LogP contribution in [0, 0.1) is 12.3 Å². The van der Waals surface area contributed by atoms with E-state index in [1.165, 1.54) is 6.20 Å². The third-order valence-electron chi connectivity index (χ3n) is 3.11. The Labute approximate surface area is 136 Å². The zero-order chi connectivity index (χ0) is 16.9. The first kappa shape index (κ1) is 15.6. The van der Waals surface area contributed by atoms with Crippen LogP contribution < -0.4 is 4.74 Å². The highest BCUT2D eigenvalue weighted by atomic mass is 19.3. The molecule has 0 atom stereocenters. The fraction of sp³-hybridized carbons (Fsp3) is 0.118. The monoisotopic (exact) mass is 327 g/mol. The lowest BCUT2D eigenvalue weighted by Crippen LogP contribution is -1.98. The van der Waals surface area contributed by atoms with Crippen LogP contribution in [-0.2, 0) is 6.61 Å². The molecule has 120 valence electrons. The molecule has 0 radical (unpaired) electrons. The number of alkyl halides is 2. The molecule has 0 saturated heterocycles. The third kappa shape index (κ3) is 3.55. The normalized spacial score (nSPS) is 10.6.